The summed E-state index contributed by atoms with van der Waals surface area (Å²) in [5.74, 6) is 2.01. The smallest absolute Gasteiger partial charge is 0.263 e. The number of carbonyl (C=O) groups is 1. The average Bonchev–Trinajstić information content (AvgIpc) is 2.46. The van der Waals surface area contributed by atoms with Crippen LogP contribution in [0, 0.1) is 11.8 Å². The lowest BCUT2D eigenvalue weighted by molar-refractivity contribution is -0.140. The van der Waals surface area contributed by atoms with E-state index in [9.17, 15) is 4.79 Å². The molecule has 1 saturated heterocycles. The van der Waals surface area contributed by atoms with Gasteiger partial charge in [-0.3, -0.25) is 4.79 Å². The molecule has 1 amide bonds. The van der Waals surface area contributed by atoms with E-state index in [2.05, 4.69) is 13.8 Å². The highest BCUT2D eigenvalue weighted by Gasteiger charge is 2.29. The molecule has 3 atom stereocenters. The molecule has 1 fully saturated rings. The topological polar surface area (TPSA) is 29.5 Å². The van der Waals surface area contributed by atoms with Gasteiger partial charge in [-0.2, -0.15) is 0 Å². The van der Waals surface area contributed by atoms with E-state index in [0.717, 1.165) is 18.8 Å². The molecule has 3 unspecified atom stereocenters. The van der Waals surface area contributed by atoms with Crippen LogP contribution >= 0.6 is 11.8 Å². The van der Waals surface area contributed by atoms with Crippen LogP contribution in [0.4, 0.5) is 0 Å². The van der Waals surface area contributed by atoms with Gasteiger partial charge in [-0.05, 0) is 55.7 Å². The summed E-state index contributed by atoms with van der Waals surface area (Å²) in [6, 6.07) is 7.89. The Kier molecular flexibility index (Phi) is 5.57. The van der Waals surface area contributed by atoms with Crippen LogP contribution in [0.5, 0.6) is 5.75 Å². The Balaban J connectivity index is 1.95. The van der Waals surface area contributed by atoms with Gasteiger partial charge >= 0.3 is 0 Å². The maximum atomic E-state index is 12.5. The fourth-order valence-corrected chi connectivity index (χ4v) is 3.42. The maximum Gasteiger partial charge on any atom is 0.263 e. The molecular weight excluding hydrogens is 282 g/mol. The molecule has 116 valence electrons. The summed E-state index contributed by atoms with van der Waals surface area (Å²) >= 11 is 1.70. The lowest BCUT2D eigenvalue weighted by atomic mass is 9.91. The molecule has 1 heterocycles. The van der Waals surface area contributed by atoms with Gasteiger partial charge in [-0.15, -0.1) is 11.8 Å². The molecule has 21 heavy (non-hydrogen) atoms. The predicted molar refractivity (Wildman–Crippen MR) is 87.8 cm³/mol. The number of benzene rings is 1. The first kappa shape index (κ1) is 16.2. The summed E-state index contributed by atoms with van der Waals surface area (Å²) in [5.41, 5.74) is 0. The molecule has 0 N–H and O–H groups in total. The fourth-order valence-electron chi connectivity index (χ4n) is 3.01. The van der Waals surface area contributed by atoms with Crippen molar-refractivity contribution in [2.24, 2.45) is 11.8 Å². The van der Waals surface area contributed by atoms with E-state index in [1.165, 1.54) is 11.3 Å². The van der Waals surface area contributed by atoms with Gasteiger partial charge in [-0.25, -0.2) is 0 Å². The predicted octanol–water partition coefficient (Wildman–Crippen LogP) is 3.68. The zero-order chi connectivity index (χ0) is 15.4. The second-order valence-corrected chi connectivity index (χ2v) is 7.00. The van der Waals surface area contributed by atoms with E-state index in [-0.39, 0.29) is 5.91 Å². The Morgan fingerprint density at radius 2 is 1.81 bits per heavy atom. The number of amides is 1. The summed E-state index contributed by atoms with van der Waals surface area (Å²) in [7, 11) is 0. The molecular formula is C17H25NO2S. The minimum absolute atomic E-state index is 0.0994. The lowest BCUT2D eigenvalue weighted by Crippen LogP contribution is -2.47. The van der Waals surface area contributed by atoms with E-state index in [1.807, 2.05) is 42.3 Å². The number of hydrogen-bond acceptors (Lipinski definition) is 3. The van der Waals surface area contributed by atoms with Crippen molar-refractivity contribution in [1.29, 1.82) is 0 Å². The second kappa shape index (κ2) is 7.21. The first-order valence-corrected chi connectivity index (χ1v) is 8.81. The minimum Gasteiger partial charge on any atom is -0.481 e. The molecule has 0 bridgehead atoms. The van der Waals surface area contributed by atoms with Gasteiger partial charge < -0.3 is 9.64 Å². The maximum absolute atomic E-state index is 12.5. The quantitative estimate of drug-likeness (QED) is 0.795. The highest BCUT2D eigenvalue weighted by atomic mass is 32.2. The standard InChI is InChI=1S/C17H25NO2S/c1-12-9-13(2)11-18(10-12)17(19)14(3)20-15-5-7-16(21-4)8-6-15/h5-8,12-14H,9-11H2,1-4H3. The summed E-state index contributed by atoms with van der Waals surface area (Å²) < 4.78 is 5.80. The van der Waals surface area contributed by atoms with Crippen molar-refractivity contribution in [1.82, 2.24) is 4.90 Å². The summed E-state index contributed by atoms with van der Waals surface area (Å²) in [4.78, 5) is 15.7. The van der Waals surface area contributed by atoms with Crippen molar-refractivity contribution < 1.29 is 9.53 Å². The van der Waals surface area contributed by atoms with Crippen molar-refractivity contribution >= 4 is 17.7 Å². The highest BCUT2D eigenvalue weighted by Crippen LogP contribution is 2.23. The normalized spacial score (nSPS) is 23.7. The summed E-state index contributed by atoms with van der Waals surface area (Å²) in [6.45, 7) is 7.96. The molecule has 0 aliphatic carbocycles. The number of likely N-dealkylation sites (tertiary alicyclic amines) is 1. The van der Waals surface area contributed by atoms with Gasteiger partial charge in [0.15, 0.2) is 6.10 Å². The second-order valence-electron chi connectivity index (χ2n) is 6.12. The van der Waals surface area contributed by atoms with Gasteiger partial charge in [0.2, 0.25) is 0 Å². The molecule has 0 saturated carbocycles. The number of hydrogen-bond donors (Lipinski definition) is 0. The van der Waals surface area contributed by atoms with Crippen LogP contribution in [-0.2, 0) is 4.79 Å². The molecule has 1 aromatic carbocycles. The molecule has 1 aromatic rings. The van der Waals surface area contributed by atoms with E-state index in [0.29, 0.717) is 11.8 Å². The fraction of sp³-hybridized carbons (Fsp3) is 0.588. The van der Waals surface area contributed by atoms with Gasteiger partial charge in [0.1, 0.15) is 5.75 Å². The number of nitrogens with zero attached hydrogens (tertiary/aromatic N) is 1. The van der Waals surface area contributed by atoms with E-state index in [4.69, 9.17) is 4.74 Å². The van der Waals surface area contributed by atoms with Gasteiger partial charge in [0.05, 0.1) is 0 Å². The first-order valence-electron chi connectivity index (χ1n) is 7.59. The lowest BCUT2D eigenvalue weighted by Gasteiger charge is -2.36. The largest absolute Gasteiger partial charge is 0.481 e. The van der Waals surface area contributed by atoms with E-state index < -0.39 is 6.10 Å². The molecule has 4 heteroatoms. The van der Waals surface area contributed by atoms with Crippen molar-refractivity contribution in [2.45, 2.75) is 38.2 Å². The Morgan fingerprint density at radius 3 is 2.33 bits per heavy atom. The van der Waals surface area contributed by atoms with E-state index in [1.54, 1.807) is 11.8 Å². The van der Waals surface area contributed by atoms with Crippen molar-refractivity contribution in [3.63, 3.8) is 0 Å². The van der Waals surface area contributed by atoms with Gasteiger partial charge in [0, 0.05) is 18.0 Å². The Bertz CT molecular complexity index is 464. The van der Waals surface area contributed by atoms with Crippen LogP contribution in [0.3, 0.4) is 0 Å². The summed E-state index contributed by atoms with van der Waals surface area (Å²) in [6.07, 6.45) is 2.82. The van der Waals surface area contributed by atoms with Crippen LogP contribution in [0.1, 0.15) is 27.2 Å². The van der Waals surface area contributed by atoms with Gasteiger partial charge in [-0.1, -0.05) is 13.8 Å². The van der Waals surface area contributed by atoms with Gasteiger partial charge in [0.25, 0.3) is 5.91 Å². The van der Waals surface area contributed by atoms with Crippen LogP contribution in [0.2, 0.25) is 0 Å². The molecule has 0 radical (unpaired) electrons. The van der Waals surface area contributed by atoms with Crippen molar-refractivity contribution in [2.75, 3.05) is 19.3 Å². The molecule has 0 aromatic heterocycles. The third-order valence-corrected chi connectivity index (χ3v) is 4.64. The molecule has 3 nitrogen and oxygen atoms in total. The molecule has 0 spiro atoms. The first-order chi connectivity index (χ1) is 9.99. The third kappa shape index (κ3) is 4.40. The molecule has 1 aliphatic rings. The van der Waals surface area contributed by atoms with E-state index >= 15 is 0 Å². The van der Waals surface area contributed by atoms with Crippen LogP contribution in [0.15, 0.2) is 29.2 Å². The molecule has 1 aliphatic heterocycles. The SMILES string of the molecule is CSc1ccc(OC(C)C(=O)N2CC(C)CC(C)C2)cc1. The number of carbonyl (C=O) groups excluding carboxylic acids is 1. The number of ether oxygens (including phenoxy) is 1. The minimum atomic E-state index is -0.428. The summed E-state index contributed by atoms with van der Waals surface area (Å²) in [5, 5.41) is 0. The van der Waals surface area contributed by atoms with Crippen molar-refractivity contribution in [3.05, 3.63) is 24.3 Å². The molecule has 2 rings (SSSR count). The van der Waals surface area contributed by atoms with Crippen LogP contribution < -0.4 is 4.74 Å². The number of piperidine rings is 1. The van der Waals surface area contributed by atoms with Crippen LogP contribution in [-0.4, -0.2) is 36.3 Å². The number of rotatable bonds is 4. The zero-order valence-corrected chi connectivity index (χ0v) is 14.2. The number of thioether (sulfide) groups is 1. The Morgan fingerprint density at radius 1 is 1.24 bits per heavy atom. The average molecular weight is 307 g/mol. The van der Waals surface area contributed by atoms with Crippen molar-refractivity contribution in [3.8, 4) is 5.75 Å². The zero-order valence-electron chi connectivity index (χ0n) is 13.3. The Hall–Kier alpha value is -1.16. The Labute approximate surface area is 132 Å². The van der Waals surface area contributed by atoms with Crippen LogP contribution in [0.25, 0.3) is 0 Å². The monoisotopic (exact) mass is 307 g/mol. The third-order valence-electron chi connectivity index (χ3n) is 3.90. The highest BCUT2D eigenvalue weighted by molar-refractivity contribution is 7.98.